The summed E-state index contributed by atoms with van der Waals surface area (Å²) in [5.74, 6) is -2.57. The van der Waals surface area contributed by atoms with Crippen LogP contribution in [0.25, 0.3) is 11.1 Å². The molecular weight excluding hydrogens is 422 g/mol. The lowest BCUT2D eigenvalue weighted by atomic mass is 9.98. The predicted molar refractivity (Wildman–Crippen MR) is 123 cm³/mol. The highest BCUT2D eigenvalue weighted by molar-refractivity contribution is 5.70. The van der Waals surface area contributed by atoms with Crippen LogP contribution in [0.3, 0.4) is 0 Å². The second kappa shape index (κ2) is 10.3. The van der Waals surface area contributed by atoms with Gasteiger partial charge in [0.2, 0.25) is 5.88 Å². The zero-order chi connectivity index (χ0) is 23.1. The molecule has 2 heterocycles. The van der Waals surface area contributed by atoms with Gasteiger partial charge in [0.1, 0.15) is 6.61 Å². The van der Waals surface area contributed by atoms with Gasteiger partial charge in [-0.2, -0.15) is 8.78 Å². The Labute approximate surface area is 191 Å². The van der Waals surface area contributed by atoms with E-state index in [-0.39, 0.29) is 12.2 Å². The lowest BCUT2D eigenvalue weighted by Gasteiger charge is -2.17. The van der Waals surface area contributed by atoms with E-state index in [1.54, 1.807) is 31.6 Å². The van der Waals surface area contributed by atoms with E-state index in [1.807, 2.05) is 54.6 Å². The van der Waals surface area contributed by atoms with E-state index in [2.05, 4.69) is 9.97 Å². The summed E-state index contributed by atoms with van der Waals surface area (Å²) in [6.45, 7) is -0.527. The lowest BCUT2D eigenvalue weighted by Crippen LogP contribution is -2.21. The molecule has 33 heavy (non-hydrogen) atoms. The fourth-order valence-corrected chi connectivity index (χ4v) is 3.60. The topological polar surface area (TPSA) is 44.2 Å². The molecule has 0 bridgehead atoms. The Balaban J connectivity index is 1.46. The van der Waals surface area contributed by atoms with Gasteiger partial charge in [0.15, 0.2) is 0 Å². The zero-order valence-corrected chi connectivity index (χ0v) is 18.2. The molecule has 0 amide bonds. The number of halogens is 2. The number of rotatable bonds is 9. The second-order valence-electron chi connectivity index (χ2n) is 7.61. The molecule has 0 fully saturated rings. The van der Waals surface area contributed by atoms with Gasteiger partial charge in [0.25, 0.3) is 5.92 Å². The summed E-state index contributed by atoms with van der Waals surface area (Å²) in [6.07, 6.45) is 3.87. The Morgan fingerprint density at radius 1 is 0.758 bits per heavy atom. The van der Waals surface area contributed by atoms with Crippen LogP contribution >= 0.6 is 0 Å². The molecule has 0 radical (unpaired) electrons. The van der Waals surface area contributed by atoms with Crippen molar-refractivity contribution in [2.45, 2.75) is 19.0 Å². The number of nitrogens with zero attached hydrogens (tertiary/aromatic N) is 2. The largest absolute Gasteiger partial charge is 0.481 e. The van der Waals surface area contributed by atoms with E-state index in [9.17, 15) is 8.78 Å². The van der Waals surface area contributed by atoms with Gasteiger partial charge in [-0.05, 0) is 29.3 Å². The molecular formula is C27H24F2N2O2. The molecule has 0 aliphatic heterocycles. The van der Waals surface area contributed by atoms with Gasteiger partial charge in [0.05, 0.1) is 19.4 Å². The Bertz CT molecular complexity index is 1180. The smallest absolute Gasteiger partial charge is 0.296 e. The first-order valence-corrected chi connectivity index (χ1v) is 10.6. The fourth-order valence-electron chi connectivity index (χ4n) is 3.60. The minimum absolute atomic E-state index is 0.0746. The first kappa shape index (κ1) is 22.6. The van der Waals surface area contributed by atoms with Crippen molar-refractivity contribution in [2.24, 2.45) is 0 Å². The van der Waals surface area contributed by atoms with Crippen LogP contribution in [0.1, 0.15) is 22.4 Å². The van der Waals surface area contributed by atoms with Crippen molar-refractivity contribution < 1.29 is 18.3 Å². The molecule has 0 unspecified atom stereocenters. The second-order valence-corrected chi connectivity index (χ2v) is 7.61. The molecule has 0 spiro atoms. The predicted octanol–water partition coefficient (Wildman–Crippen LogP) is 6.05. The minimum Gasteiger partial charge on any atom is -0.481 e. The molecule has 2 aromatic carbocycles. The molecule has 0 N–H and O–H groups in total. The van der Waals surface area contributed by atoms with Crippen LogP contribution < -0.4 is 4.74 Å². The maximum atomic E-state index is 14.6. The number of hydrogen-bond donors (Lipinski definition) is 0. The Morgan fingerprint density at radius 3 is 2.18 bits per heavy atom. The van der Waals surface area contributed by atoms with E-state index in [1.165, 1.54) is 12.1 Å². The van der Waals surface area contributed by atoms with Gasteiger partial charge in [-0.1, -0.05) is 60.7 Å². The number of ether oxygens (including phenoxy) is 2. The Kier molecular flexibility index (Phi) is 7.05. The third-order valence-electron chi connectivity index (χ3n) is 5.29. The monoisotopic (exact) mass is 446 g/mol. The van der Waals surface area contributed by atoms with Crippen LogP contribution in [-0.2, 0) is 23.7 Å². The van der Waals surface area contributed by atoms with Gasteiger partial charge in [-0.25, -0.2) is 4.98 Å². The molecule has 0 saturated carbocycles. The summed E-state index contributed by atoms with van der Waals surface area (Å²) in [5.41, 5.74) is 4.21. The number of hydrogen-bond acceptors (Lipinski definition) is 4. The number of benzene rings is 2. The van der Waals surface area contributed by atoms with Crippen molar-refractivity contribution in [3.05, 3.63) is 114 Å². The zero-order valence-electron chi connectivity index (χ0n) is 18.2. The van der Waals surface area contributed by atoms with E-state index in [0.29, 0.717) is 12.3 Å². The normalized spacial score (nSPS) is 11.4. The molecule has 168 valence electrons. The van der Waals surface area contributed by atoms with Gasteiger partial charge in [-0.15, -0.1) is 0 Å². The molecule has 0 aliphatic rings. The van der Waals surface area contributed by atoms with Gasteiger partial charge in [-0.3, -0.25) is 4.98 Å². The Morgan fingerprint density at radius 2 is 1.45 bits per heavy atom. The summed E-state index contributed by atoms with van der Waals surface area (Å²) < 4.78 is 39.9. The summed E-state index contributed by atoms with van der Waals surface area (Å²) >= 11 is 0. The van der Waals surface area contributed by atoms with Crippen LogP contribution in [0.2, 0.25) is 0 Å². The van der Waals surface area contributed by atoms with E-state index in [0.717, 1.165) is 27.9 Å². The number of aromatic nitrogens is 2. The highest BCUT2D eigenvalue weighted by atomic mass is 19.3. The van der Waals surface area contributed by atoms with Crippen LogP contribution in [0, 0.1) is 0 Å². The minimum atomic E-state index is -3.08. The molecule has 6 heteroatoms. The van der Waals surface area contributed by atoms with Crippen molar-refractivity contribution in [1.82, 2.24) is 9.97 Å². The van der Waals surface area contributed by atoms with Crippen LogP contribution in [0.5, 0.6) is 5.88 Å². The average molecular weight is 446 g/mol. The fraction of sp³-hybridized carbons (Fsp3) is 0.185. The average Bonchev–Trinajstić information content (AvgIpc) is 2.85. The maximum Gasteiger partial charge on any atom is 0.296 e. The molecule has 4 rings (SSSR count). The van der Waals surface area contributed by atoms with E-state index >= 15 is 0 Å². The Hall–Kier alpha value is -3.64. The van der Waals surface area contributed by atoms with Crippen molar-refractivity contribution >= 4 is 0 Å². The highest BCUT2D eigenvalue weighted by Gasteiger charge is 2.31. The summed E-state index contributed by atoms with van der Waals surface area (Å²) in [7, 11) is 1.57. The van der Waals surface area contributed by atoms with Gasteiger partial charge < -0.3 is 9.47 Å². The third-order valence-corrected chi connectivity index (χ3v) is 5.29. The maximum absolute atomic E-state index is 14.6. The third kappa shape index (κ3) is 5.59. The summed E-state index contributed by atoms with van der Waals surface area (Å²) in [4.78, 5) is 8.77. The lowest BCUT2D eigenvalue weighted by molar-refractivity contribution is -0.0873. The number of methoxy groups -OCH3 is 1. The summed E-state index contributed by atoms with van der Waals surface area (Å²) in [6, 6.07) is 23.2. The van der Waals surface area contributed by atoms with Crippen molar-refractivity contribution in [1.29, 1.82) is 0 Å². The molecule has 0 aliphatic carbocycles. The first-order valence-electron chi connectivity index (χ1n) is 10.6. The SMILES string of the molecule is COc1ncccc1-c1cccnc1Cc1ccc(C(F)(F)COCc2ccccc2)cc1. The molecule has 2 aromatic heterocycles. The van der Waals surface area contributed by atoms with Crippen molar-refractivity contribution in [3.63, 3.8) is 0 Å². The van der Waals surface area contributed by atoms with Crippen molar-refractivity contribution in [2.75, 3.05) is 13.7 Å². The van der Waals surface area contributed by atoms with Gasteiger partial charge >= 0.3 is 0 Å². The molecule has 4 nitrogen and oxygen atoms in total. The van der Waals surface area contributed by atoms with E-state index in [4.69, 9.17) is 9.47 Å². The summed E-state index contributed by atoms with van der Waals surface area (Å²) in [5, 5.41) is 0. The van der Waals surface area contributed by atoms with Gasteiger partial charge in [0, 0.05) is 35.5 Å². The highest BCUT2D eigenvalue weighted by Crippen LogP contribution is 2.32. The quantitative estimate of drug-likeness (QED) is 0.314. The van der Waals surface area contributed by atoms with E-state index < -0.39 is 12.5 Å². The van der Waals surface area contributed by atoms with Crippen LogP contribution in [0.4, 0.5) is 8.78 Å². The molecule has 4 aromatic rings. The standard InChI is InChI=1S/C27H24F2N2O2/c1-32-26-24(10-6-16-31-26)23-9-5-15-30-25(23)17-20-11-13-22(14-12-20)27(28,29)19-33-18-21-7-3-2-4-8-21/h2-16H,17-19H2,1H3. The number of alkyl halides is 2. The molecule has 0 atom stereocenters. The first-order chi connectivity index (χ1) is 16.1. The van der Waals surface area contributed by atoms with Crippen molar-refractivity contribution in [3.8, 4) is 17.0 Å². The van der Waals surface area contributed by atoms with Crippen LogP contribution in [-0.4, -0.2) is 23.7 Å². The van der Waals surface area contributed by atoms with Crippen LogP contribution in [0.15, 0.2) is 91.3 Å². The number of pyridine rings is 2. The molecule has 0 saturated heterocycles.